The Morgan fingerprint density at radius 2 is 1.79 bits per heavy atom. The number of sulfonamides is 1. The van der Waals surface area contributed by atoms with Gasteiger partial charge in [-0.15, -0.1) is 11.3 Å². The van der Waals surface area contributed by atoms with Gasteiger partial charge >= 0.3 is 0 Å². The van der Waals surface area contributed by atoms with Gasteiger partial charge in [0.1, 0.15) is 4.21 Å². The lowest BCUT2D eigenvalue weighted by molar-refractivity contribution is -0.116. The molecule has 0 aliphatic heterocycles. The maximum absolute atomic E-state index is 12.1. The van der Waals surface area contributed by atoms with Crippen molar-refractivity contribution in [2.45, 2.75) is 18.1 Å². The maximum Gasteiger partial charge on any atom is 0.250 e. The normalized spacial score (nSPS) is 11.2. The third-order valence-corrected chi connectivity index (χ3v) is 6.21. The minimum atomic E-state index is -3.55. The first-order valence-corrected chi connectivity index (χ1v) is 9.60. The van der Waals surface area contributed by atoms with E-state index in [1.54, 1.807) is 35.7 Å². The van der Waals surface area contributed by atoms with E-state index in [1.807, 2.05) is 0 Å². The Hall–Kier alpha value is -2.03. The Balaban J connectivity index is 2.04. The molecule has 0 atom stereocenters. The zero-order chi connectivity index (χ0) is 17.7. The SMILES string of the molecule is CC(=O)c1ccc(N(CCNS(=O)(=O)c2cccs2)C(C)=O)cc1. The number of amides is 1. The second-order valence-electron chi connectivity index (χ2n) is 5.10. The van der Waals surface area contributed by atoms with Crippen molar-refractivity contribution in [1.82, 2.24) is 4.72 Å². The second-order valence-corrected chi connectivity index (χ2v) is 8.05. The fourth-order valence-electron chi connectivity index (χ4n) is 2.12. The largest absolute Gasteiger partial charge is 0.311 e. The number of Topliss-reactive ketones (excluding diaryl/α,β-unsaturated/α-hetero) is 1. The Bertz CT molecular complexity index is 812. The molecular weight excluding hydrogens is 348 g/mol. The average Bonchev–Trinajstić information content (AvgIpc) is 3.06. The van der Waals surface area contributed by atoms with E-state index in [1.165, 1.54) is 24.8 Å². The lowest BCUT2D eigenvalue weighted by Gasteiger charge is -2.21. The van der Waals surface area contributed by atoms with Gasteiger partial charge in [-0.3, -0.25) is 9.59 Å². The molecule has 0 aliphatic carbocycles. The predicted molar refractivity (Wildman–Crippen MR) is 94.0 cm³/mol. The molecule has 1 heterocycles. The van der Waals surface area contributed by atoms with E-state index in [0.29, 0.717) is 11.3 Å². The number of benzene rings is 1. The summed E-state index contributed by atoms with van der Waals surface area (Å²) >= 11 is 1.13. The third-order valence-electron chi connectivity index (χ3n) is 3.35. The summed E-state index contributed by atoms with van der Waals surface area (Å²) in [4.78, 5) is 24.6. The van der Waals surface area contributed by atoms with Crippen LogP contribution in [0.15, 0.2) is 46.0 Å². The Morgan fingerprint density at radius 1 is 1.12 bits per heavy atom. The number of carbonyl (C=O) groups is 2. The number of ketones is 1. The van der Waals surface area contributed by atoms with E-state index >= 15 is 0 Å². The summed E-state index contributed by atoms with van der Waals surface area (Å²) in [5.74, 6) is -0.263. The van der Waals surface area contributed by atoms with Gasteiger partial charge in [0.05, 0.1) is 0 Å². The monoisotopic (exact) mass is 366 g/mol. The second kappa shape index (κ2) is 7.69. The molecule has 0 saturated heterocycles. The Morgan fingerprint density at radius 3 is 2.29 bits per heavy atom. The van der Waals surface area contributed by atoms with E-state index in [0.717, 1.165) is 11.3 Å². The number of carbonyl (C=O) groups excluding carboxylic acids is 2. The summed E-state index contributed by atoms with van der Waals surface area (Å²) in [6, 6.07) is 9.82. The summed E-state index contributed by atoms with van der Waals surface area (Å²) in [5.41, 5.74) is 1.17. The number of rotatable bonds is 7. The highest BCUT2D eigenvalue weighted by molar-refractivity contribution is 7.91. The first kappa shape index (κ1) is 18.3. The number of hydrogen-bond donors (Lipinski definition) is 1. The van der Waals surface area contributed by atoms with Crippen LogP contribution < -0.4 is 9.62 Å². The predicted octanol–water partition coefficient (Wildman–Crippen LogP) is 2.28. The molecule has 8 heteroatoms. The summed E-state index contributed by atoms with van der Waals surface area (Å²) in [7, 11) is -3.55. The van der Waals surface area contributed by atoms with Crippen LogP contribution in [0.4, 0.5) is 5.69 Å². The molecule has 0 fully saturated rings. The maximum atomic E-state index is 12.1. The van der Waals surface area contributed by atoms with Crippen LogP contribution in [0.3, 0.4) is 0 Å². The van der Waals surface area contributed by atoms with Crippen molar-refractivity contribution < 1.29 is 18.0 Å². The standard InChI is InChI=1S/C16H18N2O4S2/c1-12(19)14-5-7-15(8-6-14)18(13(2)20)10-9-17-24(21,22)16-4-3-11-23-16/h3-8,11,17H,9-10H2,1-2H3. The van der Waals surface area contributed by atoms with Crippen LogP contribution in [0.25, 0.3) is 0 Å². The molecule has 0 aliphatic rings. The van der Waals surface area contributed by atoms with Gasteiger partial charge in [0.2, 0.25) is 15.9 Å². The molecule has 6 nitrogen and oxygen atoms in total. The van der Waals surface area contributed by atoms with Crippen molar-refractivity contribution >= 4 is 38.7 Å². The number of thiophene rings is 1. The van der Waals surface area contributed by atoms with Gasteiger partial charge in [0.25, 0.3) is 0 Å². The number of nitrogens with zero attached hydrogens (tertiary/aromatic N) is 1. The summed E-state index contributed by atoms with van der Waals surface area (Å²) in [5, 5.41) is 1.69. The van der Waals surface area contributed by atoms with Crippen molar-refractivity contribution in [3.8, 4) is 0 Å². The molecule has 1 aromatic carbocycles. The molecule has 0 radical (unpaired) electrons. The van der Waals surface area contributed by atoms with E-state index in [9.17, 15) is 18.0 Å². The molecule has 1 amide bonds. The van der Waals surface area contributed by atoms with Gasteiger partial charge in [-0.2, -0.15) is 0 Å². The highest BCUT2D eigenvalue weighted by Crippen LogP contribution is 2.17. The van der Waals surface area contributed by atoms with Gasteiger partial charge in [-0.25, -0.2) is 13.1 Å². The first-order valence-electron chi connectivity index (χ1n) is 7.23. The van der Waals surface area contributed by atoms with Crippen LogP contribution in [-0.4, -0.2) is 33.2 Å². The molecule has 0 unspecified atom stereocenters. The van der Waals surface area contributed by atoms with Crippen LogP contribution in [0.1, 0.15) is 24.2 Å². The first-order chi connectivity index (χ1) is 11.3. The molecule has 1 aromatic heterocycles. The summed E-state index contributed by atoms with van der Waals surface area (Å²) in [6.07, 6.45) is 0. The highest BCUT2D eigenvalue weighted by Gasteiger charge is 2.17. The fraction of sp³-hybridized carbons (Fsp3) is 0.250. The van der Waals surface area contributed by atoms with E-state index in [-0.39, 0.29) is 29.0 Å². The average molecular weight is 366 g/mol. The molecule has 0 spiro atoms. The topological polar surface area (TPSA) is 83.6 Å². The number of nitrogens with one attached hydrogen (secondary N) is 1. The lowest BCUT2D eigenvalue weighted by Crippen LogP contribution is -2.37. The zero-order valence-corrected chi connectivity index (χ0v) is 15.0. The molecular formula is C16H18N2O4S2. The quantitative estimate of drug-likeness (QED) is 0.762. The van der Waals surface area contributed by atoms with Crippen LogP contribution >= 0.6 is 11.3 Å². The van der Waals surface area contributed by atoms with Crippen molar-refractivity contribution in [2.24, 2.45) is 0 Å². The lowest BCUT2D eigenvalue weighted by atomic mass is 10.1. The van der Waals surface area contributed by atoms with Gasteiger partial charge in [-0.1, -0.05) is 6.07 Å². The Labute approximate surface area is 145 Å². The third kappa shape index (κ3) is 4.50. The van der Waals surface area contributed by atoms with E-state index in [4.69, 9.17) is 0 Å². The van der Waals surface area contributed by atoms with E-state index < -0.39 is 10.0 Å². The molecule has 2 rings (SSSR count). The number of hydrogen-bond acceptors (Lipinski definition) is 5. The Kier molecular flexibility index (Phi) is 5.87. The van der Waals surface area contributed by atoms with Crippen molar-refractivity contribution in [1.29, 1.82) is 0 Å². The molecule has 0 saturated carbocycles. The molecule has 128 valence electrons. The zero-order valence-electron chi connectivity index (χ0n) is 13.4. The molecule has 1 N–H and O–H groups in total. The van der Waals surface area contributed by atoms with Crippen molar-refractivity contribution in [2.75, 3.05) is 18.0 Å². The van der Waals surface area contributed by atoms with Crippen LogP contribution in [0.5, 0.6) is 0 Å². The fourth-order valence-corrected chi connectivity index (χ4v) is 4.18. The molecule has 2 aromatic rings. The highest BCUT2D eigenvalue weighted by atomic mass is 32.2. The van der Waals surface area contributed by atoms with Crippen LogP contribution in [-0.2, 0) is 14.8 Å². The van der Waals surface area contributed by atoms with Crippen LogP contribution in [0, 0.1) is 0 Å². The van der Waals surface area contributed by atoms with Gasteiger partial charge in [0.15, 0.2) is 5.78 Å². The minimum absolute atomic E-state index is 0.0559. The molecule has 24 heavy (non-hydrogen) atoms. The summed E-state index contributed by atoms with van der Waals surface area (Å²) in [6.45, 7) is 3.16. The molecule has 0 bridgehead atoms. The van der Waals surface area contributed by atoms with Crippen molar-refractivity contribution in [3.63, 3.8) is 0 Å². The number of anilines is 1. The van der Waals surface area contributed by atoms with Crippen LogP contribution in [0.2, 0.25) is 0 Å². The van der Waals surface area contributed by atoms with Crippen molar-refractivity contribution in [3.05, 3.63) is 47.3 Å². The van der Waals surface area contributed by atoms with E-state index in [2.05, 4.69) is 4.72 Å². The summed E-state index contributed by atoms with van der Waals surface area (Å²) < 4.78 is 26.8. The van der Waals surface area contributed by atoms with Gasteiger partial charge < -0.3 is 4.90 Å². The smallest absolute Gasteiger partial charge is 0.250 e. The van der Waals surface area contributed by atoms with Gasteiger partial charge in [-0.05, 0) is 42.6 Å². The minimum Gasteiger partial charge on any atom is -0.311 e. The van der Waals surface area contributed by atoms with Gasteiger partial charge in [0, 0.05) is 31.3 Å².